The van der Waals surface area contributed by atoms with E-state index in [1.54, 1.807) is 14.2 Å². The topological polar surface area (TPSA) is 44.8 Å². The van der Waals surface area contributed by atoms with Gasteiger partial charge in [-0.3, -0.25) is 4.79 Å². The van der Waals surface area contributed by atoms with Gasteiger partial charge in [-0.05, 0) is 35.4 Å². The highest BCUT2D eigenvalue weighted by atomic mass is 16.5. The number of methoxy groups -OCH3 is 2. The Kier molecular flexibility index (Phi) is 5.69. The molecule has 4 nitrogen and oxygen atoms in total. The van der Waals surface area contributed by atoms with E-state index in [-0.39, 0.29) is 11.2 Å². The molecule has 0 spiro atoms. The summed E-state index contributed by atoms with van der Waals surface area (Å²) in [5.41, 5.74) is 1.86. The van der Waals surface area contributed by atoms with Crippen LogP contribution in [0.25, 0.3) is 0 Å². The molecule has 1 aliphatic rings. The first-order valence-electron chi connectivity index (χ1n) is 8.27. The summed E-state index contributed by atoms with van der Waals surface area (Å²) in [6.45, 7) is 7.80. The van der Waals surface area contributed by atoms with Crippen molar-refractivity contribution in [2.45, 2.75) is 40.0 Å². The number of hydrogen-bond donors (Lipinski definition) is 0. The minimum absolute atomic E-state index is 0.00594. The molecule has 0 amide bonds. The molecular weight excluding hydrogens is 292 g/mol. The van der Waals surface area contributed by atoms with Crippen LogP contribution in [0.3, 0.4) is 0 Å². The van der Waals surface area contributed by atoms with Gasteiger partial charge in [-0.25, -0.2) is 0 Å². The van der Waals surface area contributed by atoms with Gasteiger partial charge < -0.3 is 14.2 Å². The van der Waals surface area contributed by atoms with Crippen LogP contribution in [0.5, 0.6) is 11.5 Å². The van der Waals surface area contributed by atoms with Crippen molar-refractivity contribution in [2.24, 2.45) is 11.3 Å². The summed E-state index contributed by atoms with van der Waals surface area (Å²) in [5, 5.41) is 0. The maximum atomic E-state index is 12.6. The van der Waals surface area contributed by atoms with E-state index >= 15 is 0 Å². The second-order valence-corrected chi connectivity index (χ2v) is 6.94. The average molecular weight is 320 g/mol. The highest BCUT2D eigenvalue weighted by molar-refractivity contribution is 5.99. The molecule has 0 aliphatic heterocycles. The Morgan fingerprint density at radius 1 is 1.13 bits per heavy atom. The molecule has 0 heterocycles. The molecule has 0 fully saturated rings. The minimum Gasteiger partial charge on any atom is -0.493 e. The van der Waals surface area contributed by atoms with Crippen LogP contribution in [0.15, 0.2) is 12.1 Å². The van der Waals surface area contributed by atoms with Gasteiger partial charge in [-0.2, -0.15) is 0 Å². The van der Waals surface area contributed by atoms with Crippen molar-refractivity contribution in [3.8, 4) is 11.5 Å². The Labute approximate surface area is 139 Å². The van der Waals surface area contributed by atoms with E-state index in [0.717, 1.165) is 24.0 Å². The second-order valence-electron chi connectivity index (χ2n) is 6.94. The Morgan fingerprint density at radius 3 is 2.48 bits per heavy atom. The van der Waals surface area contributed by atoms with E-state index in [4.69, 9.17) is 14.2 Å². The number of carbonyl (C=O) groups excluding carboxylic acids is 1. The molecule has 1 aliphatic carbocycles. The summed E-state index contributed by atoms with van der Waals surface area (Å²) >= 11 is 0. The monoisotopic (exact) mass is 320 g/mol. The molecular formula is C19H28O4. The van der Waals surface area contributed by atoms with Crippen molar-refractivity contribution in [3.63, 3.8) is 0 Å². The molecule has 1 aromatic rings. The molecule has 0 saturated carbocycles. The number of hydrogen-bond acceptors (Lipinski definition) is 4. The molecule has 0 saturated heterocycles. The molecule has 0 aromatic heterocycles. The van der Waals surface area contributed by atoms with Crippen LogP contribution in [0.1, 0.15) is 49.5 Å². The fourth-order valence-corrected chi connectivity index (χ4v) is 3.03. The van der Waals surface area contributed by atoms with Gasteiger partial charge >= 0.3 is 0 Å². The molecule has 128 valence electrons. The fourth-order valence-electron chi connectivity index (χ4n) is 3.03. The second kappa shape index (κ2) is 7.35. The standard InChI is InChI=1S/C19H28O4/c1-13(2)19(3)11-14-9-18(23-8-6-7-21-4)17(22-5)10-15(14)16(20)12-19/h9-10,13H,6-8,11-12H2,1-5H3. The van der Waals surface area contributed by atoms with Crippen LogP contribution in [-0.4, -0.2) is 33.2 Å². The van der Waals surface area contributed by atoms with Crippen LogP contribution in [0.2, 0.25) is 0 Å². The SMILES string of the molecule is COCCCOc1cc2c(cc1OC)C(=O)CC(C)(C(C)C)C2. The lowest BCUT2D eigenvalue weighted by Gasteiger charge is -2.37. The summed E-state index contributed by atoms with van der Waals surface area (Å²) in [7, 11) is 3.28. The van der Waals surface area contributed by atoms with Gasteiger partial charge in [0.2, 0.25) is 0 Å². The lowest BCUT2D eigenvalue weighted by molar-refractivity contribution is 0.0843. The maximum absolute atomic E-state index is 12.6. The zero-order valence-corrected chi connectivity index (χ0v) is 14.9. The third-order valence-corrected chi connectivity index (χ3v) is 4.99. The fraction of sp³-hybridized carbons (Fsp3) is 0.632. The van der Waals surface area contributed by atoms with E-state index < -0.39 is 0 Å². The number of benzene rings is 1. The van der Waals surface area contributed by atoms with Crippen LogP contribution in [0.4, 0.5) is 0 Å². The smallest absolute Gasteiger partial charge is 0.163 e. The summed E-state index contributed by atoms with van der Waals surface area (Å²) in [5.74, 6) is 1.99. The van der Waals surface area contributed by atoms with E-state index in [1.807, 2.05) is 12.1 Å². The number of Topliss-reactive ketones (excluding diaryl/α,β-unsaturated/α-hetero) is 1. The van der Waals surface area contributed by atoms with Gasteiger partial charge in [0.25, 0.3) is 0 Å². The predicted molar refractivity (Wildman–Crippen MR) is 90.6 cm³/mol. The Hall–Kier alpha value is -1.55. The van der Waals surface area contributed by atoms with Gasteiger partial charge in [-0.1, -0.05) is 20.8 Å². The molecule has 4 heteroatoms. The lowest BCUT2D eigenvalue weighted by atomic mass is 9.66. The third-order valence-electron chi connectivity index (χ3n) is 4.99. The van der Waals surface area contributed by atoms with Crippen molar-refractivity contribution in [2.75, 3.05) is 27.4 Å². The number of ketones is 1. The van der Waals surface area contributed by atoms with Crippen molar-refractivity contribution in [1.82, 2.24) is 0 Å². The summed E-state index contributed by atoms with van der Waals surface area (Å²) < 4.78 is 16.3. The minimum atomic E-state index is 0.00594. The zero-order valence-electron chi connectivity index (χ0n) is 14.9. The molecule has 1 atom stereocenters. The van der Waals surface area contributed by atoms with Crippen LogP contribution < -0.4 is 9.47 Å². The molecule has 0 bridgehead atoms. The van der Waals surface area contributed by atoms with Gasteiger partial charge in [0.1, 0.15) is 0 Å². The van der Waals surface area contributed by atoms with E-state index in [9.17, 15) is 4.79 Å². The zero-order chi connectivity index (χ0) is 17.0. The third kappa shape index (κ3) is 3.86. The molecule has 1 aromatic carbocycles. The summed E-state index contributed by atoms with van der Waals surface area (Å²) in [4.78, 5) is 12.6. The van der Waals surface area contributed by atoms with Gasteiger partial charge in [0.15, 0.2) is 17.3 Å². The molecule has 23 heavy (non-hydrogen) atoms. The normalized spacial score (nSPS) is 20.5. The highest BCUT2D eigenvalue weighted by Gasteiger charge is 2.37. The number of fused-ring (bicyclic) bond motifs is 1. The maximum Gasteiger partial charge on any atom is 0.163 e. The highest BCUT2D eigenvalue weighted by Crippen LogP contribution is 2.43. The first-order chi connectivity index (χ1) is 10.9. The average Bonchev–Trinajstić information content (AvgIpc) is 2.50. The Bertz CT molecular complexity index is 565. The summed E-state index contributed by atoms with van der Waals surface area (Å²) in [6.07, 6.45) is 2.30. The quantitative estimate of drug-likeness (QED) is 0.715. The van der Waals surface area contributed by atoms with E-state index in [1.165, 1.54) is 0 Å². The van der Waals surface area contributed by atoms with Crippen LogP contribution in [0, 0.1) is 11.3 Å². The number of rotatable bonds is 7. The van der Waals surface area contributed by atoms with Crippen LogP contribution >= 0.6 is 0 Å². The van der Waals surface area contributed by atoms with Crippen LogP contribution in [-0.2, 0) is 11.2 Å². The molecule has 1 unspecified atom stereocenters. The van der Waals surface area contributed by atoms with Gasteiger partial charge in [-0.15, -0.1) is 0 Å². The molecule has 2 rings (SSSR count). The Morgan fingerprint density at radius 2 is 1.87 bits per heavy atom. The number of ether oxygens (including phenoxy) is 3. The van der Waals surface area contributed by atoms with E-state index in [0.29, 0.717) is 37.1 Å². The largest absolute Gasteiger partial charge is 0.493 e. The Balaban J connectivity index is 2.28. The van der Waals surface area contributed by atoms with Gasteiger partial charge in [0, 0.05) is 32.1 Å². The van der Waals surface area contributed by atoms with Crippen molar-refractivity contribution < 1.29 is 19.0 Å². The van der Waals surface area contributed by atoms with Gasteiger partial charge in [0.05, 0.1) is 13.7 Å². The predicted octanol–water partition coefficient (Wildman–Crippen LogP) is 3.90. The molecule has 0 N–H and O–H groups in total. The van der Waals surface area contributed by atoms with E-state index in [2.05, 4.69) is 20.8 Å². The van der Waals surface area contributed by atoms with Crippen molar-refractivity contribution in [3.05, 3.63) is 23.3 Å². The first kappa shape index (κ1) is 17.8. The lowest BCUT2D eigenvalue weighted by Crippen LogP contribution is -2.34. The molecule has 0 radical (unpaired) electrons. The van der Waals surface area contributed by atoms with Crippen molar-refractivity contribution >= 4 is 5.78 Å². The first-order valence-corrected chi connectivity index (χ1v) is 8.27. The number of carbonyl (C=O) groups is 1. The van der Waals surface area contributed by atoms with Crippen molar-refractivity contribution in [1.29, 1.82) is 0 Å². The summed E-state index contributed by atoms with van der Waals surface area (Å²) in [6, 6.07) is 3.82.